The number of aliphatic carboxylic acids is 1. The lowest BCUT2D eigenvalue weighted by molar-refractivity contribution is -0.137. The maximum absolute atomic E-state index is 10.9. The van der Waals surface area contributed by atoms with Crippen LogP contribution >= 0.6 is 11.8 Å². The Morgan fingerprint density at radius 2 is 1.81 bits per heavy atom. The van der Waals surface area contributed by atoms with Crippen LogP contribution in [0.5, 0.6) is 0 Å². The van der Waals surface area contributed by atoms with Crippen molar-refractivity contribution in [2.24, 2.45) is 0 Å². The second-order valence-electron chi connectivity index (χ2n) is 8.13. The highest BCUT2D eigenvalue weighted by Crippen LogP contribution is 2.27. The van der Waals surface area contributed by atoms with Gasteiger partial charge in [-0.1, -0.05) is 94.7 Å². The maximum Gasteiger partial charge on any atom is 0.303 e. The van der Waals surface area contributed by atoms with Gasteiger partial charge in [-0.3, -0.25) is 4.79 Å². The van der Waals surface area contributed by atoms with Gasteiger partial charge in [0.1, 0.15) is 0 Å². The molecule has 31 heavy (non-hydrogen) atoms. The molecule has 0 aliphatic heterocycles. The zero-order chi connectivity index (χ0) is 22.7. The number of imidazole rings is 1. The fraction of sp³-hybridized carbons (Fsp3) is 0.680. The summed E-state index contributed by atoms with van der Waals surface area (Å²) in [4.78, 5) is 15.3. The average molecular weight is 451 g/mol. The van der Waals surface area contributed by atoms with E-state index < -0.39 is 12.1 Å². The molecule has 5 nitrogen and oxygen atoms in total. The molecule has 6 heteroatoms. The molecule has 0 radical (unpaired) electrons. The minimum absolute atomic E-state index is 0.0361. The first-order chi connectivity index (χ1) is 15.1. The van der Waals surface area contributed by atoms with Crippen molar-refractivity contribution in [3.8, 4) is 0 Å². The highest BCUT2D eigenvalue weighted by atomic mass is 32.2. The number of aromatic nitrogens is 2. The van der Waals surface area contributed by atoms with Gasteiger partial charge < -0.3 is 14.8 Å². The third-order valence-electron chi connectivity index (χ3n) is 5.33. The van der Waals surface area contributed by atoms with Crippen LogP contribution in [0.1, 0.15) is 90.4 Å². The third kappa shape index (κ3) is 13.5. The molecule has 0 bridgehead atoms. The zero-order valence-electron chi connectivity index (χ0n) is 19.3. The molecule has 0 aromatic carbocycles. The molecule has 0 spiro atoms. The molecule has 0 fully saturated rings. The van der Waals surface area contributed by atoms with Crippen molar-refractivity contribution in [2.45, 2.75) is 113 Å². The molecule has 0 aliphatic rings. The van der Waals surface area contributed by atoms with Gasteiger partial charge in [-0.05, 0) is 19.3 Å². The number of thioether (sulfide) groups is 1. The lowest BCUT2D eigenvalue weighted by atomic mass is 10.1. The summed E-state index contributed by atoms with van der Waals surface area (Å²) >= 11 is 1.48. The van der Waals surface area contributed by atoms with Gasteiger partial charge in [0.25, 0.3) is 0 Å². The summed E-state index contributed by atoms with van der Waals surface area (Å²) in [6.07, 6.45) is 23.2. The number of unbranched alkanes of at least 4 members (excludes halogenated alkanes) is 10. The number of aliphatic hydroxyl groups is 1. The number of nitrogens with zero attached hydrogens (tertiary/aromatic N) is 2. The van der Waals surface area contributed by atoms with E-state index in [0.717, 1.165) is 18.0 Å². The molecule has 0 aliphatic carbocycles. The van der Waals surface area contributed by atoms with Crippen molar-refractivity contribution in [1.29, 1.82) is 0 Å². The van der Waals surface area contributed by atoms with Gasteiger partial charge in [0.2, 0.25) is 0 Å². The van der Waals surface area contributed by atoms with Gasteiger partial charge in [0, 0.05) is 25.4 Å². The number of carboxylic acids is 1. The van der Waals surface area contributed by atoms with Crippen LogP contribution in [-0.2, 0) is 11.3 Å². The molecule has 0 amide bonds. The Kier molecular flexibility index (Phi) is 16.0. The number of carboxylic acid groups (broad SMARTS) is 1. The molecular weight excluding hydrogens is 408 g/mol. The normalized spacial score (nSPS) is 13.5. The first-order valence-corrected chi connectivity index (χ1v) is 12.8. The van der Waals surface area contributed by atoms with Crippen molar-refractivity contribution in [3.05, 3.63) is 37.2 Å². The van der Waals surface area contributed by atoms with E-state index in [1.807, 2.05) is 22.9 Å². The first-order valence-electron chi connectivity index (χ1n) is 11.9. The number of aliphatic hydroxyl groups excluding tert-OH is 1. The van der Waals surface area contributed by atoms with Crippen LogP contribution in [0.15, 0.2) is 42.4 Å². The van der Waals surface area contributed by atoms with Gasteiger partial charge in [-0.15, -0.1) is 6.58 Å². The fourth-order valence-corrected chi connectivity index (χ4v) is 4.59. The Morgan fingerprint density at radius 1 is 1.16 bits per heavy atom. The van der Waals surface area contributed by atoms with Crippen molar-refractivity contribution >= 4 is 17.7 Å². The van der Waals surface area contributed by atoms with E-state index in [1.54, 1.807) is 6.20 Å². The van der Waals surface area contributed by atoms with Gasteiger partial charge in [-0.2, -0.15) is 0 Å². The highest BCUT2D eigenvalue weighted by molar-refractivity contribution is 8.00. The first kappa shape index (κ1) is 27.5. The molecule has 2 unspecified atom stereocenters. The largest absolute Gasteiger partial charge is 0.481 e. The maximum atomic E-state index is 10.9. The third-order valence-corrected chi connectivity index (χ3v) is 6.62. The van der Waals surface area contributed by atoms with E-state index in [-0.39, 0.29) is 18.1 Å². The number of allylic oxidation sites excluding steroid dienone is 2. The van der Waals surface area contributed by atoms with Crippen molar-refractivity contribution < 1.29 is 15.0 Å². The van der Waals surface area contributed by atoms with Crippen molar-refractivity contribution in [3.63, 3.8) is 0 Å². The summed E-state index contributed by atoms with van der Waals surface area (Å²) in [6.45, 7) is 6.68. The number of hydrogen-bond acceptors (Lipinski definition) is 4. The minimum Gasteiger partial charge on any atom is -0.481 e. The van der Waals surface area contributed by atoms with Crippen LogP contribution < -0.4 is 0 Å². The Balaban J connectivity index is 2.39. The van der Waals surface area contributed by atoms with E-state index in [9.17, 15) is 9.90 Å². The summed E-state index contributed by atoms with van der Waals surface area (Å²) in [6, 6.07) is 0. The minimum atomic E-state index is -0.884. The second-order valence-corrected chi connectivity index (χ2v) is 9.28. The van der Waals surface area contributed by atoms with E-state index in [2.05, 4.69) is 24.6 Å². The molecule has 0 saturated heterocycles. The molecule has 0 saturated carbocycles. The molecular formula is C25H42N2O3S. The zero-order valence-corrected chi connectivity index (χ0v) is 20.1. The molecule has 1 rings (SSSR count). The molecule has 2 N–H and O–H groups in total. The van der Waals surface area contributed by atoms with Gasteiger partial charge >= 0.3 is 5.97 Å². The number of hydrogen-bond donors (Lipinski definition) is 2. The molecule has 1 aromatic rings. The second kappa shape index (κ2) is 18.1. The monoisotopic (exact) mass is 450 g/mol. The van der Waals surface area contributed by atoms with Crippen molar-refractivity contribution in [1.82, 2.24) is 9.55 Å². The summed E-state index contributed by atoms with van der Waals surface area (Å²) in [5.41, 5.74) is 0. The Bertz CT molecular complexity index is 630. The smallest absolute Gasteiger partial charge is 0.303 e. The summed E-state index contributed by atoms with van der Waals surface area (Å²) in [5.74, 6) is -0.884. The lowest BCUT2D eigenvalue weighted by Gasteiger charge is -2.19. The SMILES string of the molecule is C=CCn1ccnc1SC(/C=C\CCCCCCCCCCCC)C(O)CCC(=O)O. The van der Waals surface area contributed by atoms with E-state index >= 15 is 0 Å². The Labute approximate surface area is 193 Å². The van der Waals surface area contributed by atoms with Crippen LogP contribution in [-0.4, -0.2) is 37.1 Å². The van der Waals surface area contributed by atoms with E-state index in [1.165, 1.54) is 69.5 Å². The fourth-order valence-electron chi connectivity index (χ4n) is 3.48. The number of rotatable bonds is 20. The van der Waals surface area contributed by atoms with Gasteiger partial charge in [0.05, 0.1) is 11.4 Å². The lowest BCUT2D eigenvalue weighted by Crippen LogP contribution is -2.22. The Hall–Kier alpha value is -1.53. The van der Waals surface area contributed by atoms with Crippen LogP contribution in [0, 0.1) is 0 Å². The summed E-state index contributed by atoms with van der Waals surface area (Å²) < 4.78 is 1.98. The predicted octanol–water partition coefficient (Wildman–Crippen LogP) is 6.62. The predicted molar refractivity (Wildman–Crippen MR) is 131 cm³/mol. The topological polar surface area (TPSA) is 75.3 Å². The summed E-state index contributed by atoms with van der Waals surface area (Å²) in [5, 5.41) is 20.1. The molecule has 176 valence electrons. The van der Waals surface area contributed by atoms with E-state index in [4.69, 9.17) is 5.11 Å². The van der Waals surface area contributed by atoms with Gasteiger partial charge in [-0.25, -0.2) is 4.98 Å². The van der Waals surface area contributed by atoms with Gasteiger partial charge in [0.15, 0.2) is 5.16 Å². The number of carbonyl (C=O) groups is 1. The molecule has 2 atom stereocenters. The highest BCUT2D eigenvalue weighted by Gasteiger charge is 2.21. The molecule has 1 heterocycles. The molecule has 1 aromatic heterocycles. The standard InChI is InChI=1S/C25H42N2O3S/c1-3-5-6-7-8-9-10-11-12-13-14-15-16-23(22(28)17-18-24(29)30)31-25-26-19-21-27(25)20-4-2/h4,15-16,19,21-23,28H,2-3,5-14,17-18,20H2,1H3,(H,29,30)/b16-15-. The van der Waals surface area contributed by atoms with Crippen LogP contribution in [0.3, 0.4) is 0 Å². The summed E-state index contributed by atoms with van der Waals surface area (Å²) in [7, 11) is 0. The average Bonchev–Trinajstić information content (AvgIpc) is 3.18. The van der Waals surface area contributed by atoms with Crippen LogP contribution in [0.4, 0.5) is 0 Å². The van der Waals surface area contributed by atoms with Crippen molar-refractivity contribution in [2.75, 3.05) is 0 Å². The van der Waals surface area contributed by atoms with E-state index in [0.29, 0.717) is 6.54 Å². The quantitative estimate of drug-likeness (QED) is 0.133. The van der Waals surface area contributed by atoms with Crippen LogP contribution in [0.2, 0.25) is 0 Å². The Morgan fingerprint density at radius 3 is 2.42 bits per heavy atom. The van der Waals surface area contributed by atoms with Crippen LogP contribution in [0.25, 0.3) is 0 Å².